The van der Waals surface area contributed by atoms with Crippen molar-refractivity contribution in [1.82, 2.24) is 0 Å². The number of fused-ring (bicyclic) bond motifs is 6. The first kappa shape index (κ1) is 36.0. The van der Waals surface area contributed by atoms with Gasteiger partial charge in [0.2, 0.25) is 0 Å². The van der Waals surface area contributed by atoms with Crippen LogP contribution in [0.4, 0.5) is 0 Å². The maximum absolute atomic E-state index is 8.99. The summed E-state index contributed by atoms with van der Waals surface area (Å²) >= 11 is 0. The average molecular weight is 755 g/mol. The zero-order valence-electron chi connectivity index (χ0n) is 33.2. The van der Waals surface area contributed by atoms with Gasteiger partial charge in [-0.25, -0.2) is 0 Å². The van der Waals surface area contributed by atoms with E-state index in [1.165, 1.54) is 60.7 Å². The molecule has 0 atom stereocenters. The van der Waals surface area contributed by atoms with Gasteiger partial charge in [-0.1, -0.05) is 202 Å². The van der Waals surface area contributed by atoms with Crippen LogP contribution in [-0.4, -0.2) is 11.9 Å². The van der Waals surface area contributed by atoms with Gasteiger partial charge in [0.05, 0.1) is 11.4 Å². The van der Waals surface area contributed by atoms with Crippen LogP contribution in [0.25, 0.3) is 71.7 Å². The maximum Gasteiger partial charge on any atom is 0.0723 e. The van der Waals surface area contributed by atoms with Crippen LogP contribution in [0, 0.1) is 5.41 Å². The van der Waals surface area contributed by atoms with Crippen LogP contribution >= 0.6 is 0 Å². The number of allylic oxidation sites excluding steroid dienone is 1. The third-order valence-electron chi connectivity index (χ3n) is 12.0. The number of hydrogen-bond donors (Lipinski definition) is 1. The number of nitrogens with zero attached hydrogens (tertiary/aromatic N) is 1. The summed E-state index contributed by atoms with van der Waals surface area (Å²) in [6.45, 7) is 4.70. The summed E-state index contributed by atoms with van der Waals surface area (Å²) in [6.07, 6.45) is 3.82. The van der Waals surface area contributed by atoms with Crippen LogP contribution in [0.5, 0.6) is 0 Å². The molecule has 0 aromatic heterocycles. The molecular formula is C57H42N2. The van der Waals surface area contributed by atoms with Crippen molar-refractivity contribution in [3.05, 3.63) is 234 Å². The molecule has 0 fully saturated rings. The molecule has 1 N–H and O–H groups in total. The molecule has 0 bridgehead atoms. The molecule has 9 aromatic carbocycles. The highest BCUT2D eigenvalue weighted by atomic mass is 14.7. The fourth-order valence-electron chi connectivity index (χ4n) is 8.89. The van der Waals surface area contributed by atoms with Crippen molar-refractivity contribution in [2.24, 2.45) is 4.99 Å². The minimum Gasteiger partial charge on any atom is -0.300 e. The van der Waals surface area contributed by atoms with E-state index in [9.17, 15) is 0 Å². The first-order valence-electron chi connectivity index (χ1n) is 20.3. The molecule has 2 nitrogen and oxygen atoms in total. The highest BCUT2D eigenvalue weighted by molar-refractivity contribution is 6.12. The highest BCUT2D eigenvalue weighted by Crippen LogP contribution is 2.52. The Labute approximate surface area is 346 Å². The standard InChI is InChI=1S/C57H42N2/c1-57(2)52-32-30-44(35-51(52)56-49-22-10-9-16-40(49)29-33-53(56)57)39-24-26-41(27-25-39)48-31-28-46(47-21-11-12-23-50(47)48)37-59-55(36-54(58)42-17-7-4-8-18-42)45-20-13-19-43(34-45)38-14-5-3-6-15-38/h3-37,58H,1-2H3/b55-36-,58-54?,59-37?. The summed E-state index contributed by atoms with van der Waals surface area (Å²) in [5.74, 6) is 0. The van der Waals surface area contributed by atoms with Crippen LogP contribution in [-0.2, 0) is 5.41 Å². The van der Waals surface area contributed by atoms with E-state index in [1.807, 2.05) is 48.7 Å². The van der Waals surface area contributed by atoms with Crippen molar-refractivity contribution in [1.29, 1.82) is 5.41 Å². The van der Waals surface area contributed by atoms with Gasteiger partial charge in [-0.2, -0.15) is 0 Å². The Morgan fingerprint density at radius 2 is 1.05 bits per heavy atom. The molecule has 1 aliphatic carbocycles. The largest absolute Gasteiger partial charge is 0.300 e. The third-order valence-corrected chi connectivity index (χ3v) is 12.0. The van der Waals surface area contributed by atoms with Crippen molar-refractivity contribution < 1.29 is 0 Å². The monoisotopic (exact) mass is 754 g/mol. The molecule has 280 valence electrons. The van der Waals surface area contributed by atoms with Gasteiger partial charge in [0.15, 0.2) is 0 Å². The number of nitrogens with one attached hydrogen (secondary N) is 1. The Hall–Kier alpha value is -7.42. The summed E-state index contributed by atoms with van der Waals surface area (Å²) in [4.78, 5) is 5.12. The Balaban J connectivity index is 0.992. The van der Waals surface area contributed by atoms with Crippen LogP contribution < -0.4 is 0 Å². The molecule has 9 aromatic rings. The molecule has 0 saturated carbocycles. The van der Waals surface area contributed by atoms with Crippen LogP contribution in [0.1, 0.15) is 41.7 Å². The Morgan fingerprint density at radius 3 is 1.85 bits per heavy atom. The van der Waals surface area contributed by atoms with Crippen molar-refractivity contribution >= 4 is 39.2 Å². The molecule has 0 unspecified atom stereocenters. The van der Waals surface area contributed by atoms with E-state index in [0.717, 1.165) is 38.9 Å². The first-order valence-corrected chi connectivity index (χ1v) is 20.3. The lowest BCUT2D eigenvalue weighted by Gasteiger charge is -2.21. The van der Waals surface area contributed by atoms with Gasteiger partial charge in [0.1, 0.15) is 0 Å². The van der Waals surface area contributed by atoms with Gasteiger partial charge < -0.3 is 5.41 Å². The van der Waals surface area contributed by atoms with E-state index in [0.29, 0.717) is 5.71 Å². The highest BCUT2D eigenvalue weighted by Gasteiger charge is 2.36. The number of rotatable bonds is 8. The van der Waals surface area contributed by atoms with E-state index >= 15 is 0 Å². The van der Waals surface area contributed by atoms with Crippen LogP contribution in [0.3, 0.4) is 0 Å². The topological polar surface area (TPSA) is 36.2 Å². The van der Waals surface area contributed by atoms with Crippen molar-refractivity contribution in [3.8, 4) is 44.5 Å². The van der Waals surface area contributed by atoms with Gasteiger partial charge in [-0.15, -0.1) is 0 Å². The van der Waals surface area contributed by atoms with Gasteiger partial charge >= 0.3 is 0 Å². The normalized spacial score (nSPS) is 13.2. The van der Waals surface area contributed by atoms with Crippen LogP contribution in [0.15, 0.2) is 211 Å². The summed E-state index contributed by atoms with van der Waals surface area (Å²) in [5.41, 5.74) is 16.4. The second-order valence-electron chi connectivity index (χ2n) is 15.9. The molecule has 0 heterocycles. The molecule has 0 saturated heterocycles. The molecular weight excluding hydrogens is 713 g/mol. The molecule has 2 heteroatoms. The Kier molecular flexibility index (Phi) is 9.03. The average Bonchev–Trinajstić information content (AvgIpc) is 3.53. The first-order chi connectivity index (χ1) is 28.9. The minimum absolute atomic E-state index is 0.0501. The molecule has 10 rings (SSSR count). The Morgan fingerprint density at radius 1 is 0.458 bits per heavy atom. The summed E-state index contributed by atoms with van der Waals surface area (Å²) in [7, 11) is 0. The molecule has 0 spiro atoms. The number of aliphatic imine (C=N–C) groups is 1. The van der Waals surface area contributed by atoms with E-state index in [1.54, 1.807) is 0 Å². The number of hydrogen-bond acceptors (Lipinski definition) is 2. The fraction of sp³-hybridized carbons (Fsp3) is 0.0526. The SMILES string of the molecule is CC1(C)c2ccc(-c3ccc(-c4ccc(C=N/C(=C\C(=N)c5ccccc5)c5cccc(-c6ccccc6)c5)c5ccccc45)cc3)cc2-c2c1ccc1ccccc21. The maximum atomic E-state index is 8.99. The number of benzene rings is 9. The predicted molar refractivity (Wildman–Crippen MR) is 251 cm³/mol. The third kappa shape index (κ3) is 6.59. The van der Waals surface area contributed by atoms with Crippen LogP contribution in [0.2, 0.25) is 0 Å². The summed E-state index contributed by atoms with van der Waals surface area (Å²) < 4.78 is 0. The van der Waals surface area contributed by atoms with E-state index in [4.69, 9.17) is 10.4 Å². The van der Waals surface area contributed by atoms with E-state index < -0.39 is 0 Å². The molecule has 1 aliphatic rings. The van der Waals surface area contributed by atoms with Gasteiger partial charge in [0.25, 0.3) is 0 Å². The minimum atomic E-state index is -0.0501. The molecule has 0 aliphatic heterocycles. The quantitative estimate of drug-likeness (QED) is 0.150. The zero-order chi connectivity index (χ0) is 39.9. The predicted octanol–water partition coefficient (Wildman–Crippen LogP) is 14.8. The molecule has 0 radical (unpaired) electrons. The van der Waals surface area contributed by atoms with Crippen molar-refractivity contribution in [3.63, 3.8) is 0 Å². The second-order valence-corrected chi connectivity index (χ2v) is 15.9. The lowest BCUT2D eigenvalue weighted by Crippen LogP contribution is -2.14. The smallest absolute Gasteiger partial charge is 0.0723 e. The Bertz CT molecular complexity index is 3110. The molecule has 59 heavy (non-hydrogen) atoms. The molecule has 0 amide bonds. The van der Waals surface area contributed by atoms with E-state index in [2.05, 4.69) is 178 Å². The van der Waals surface area contributed by atoms with Crippen molar-refractivity contribution in [2.45, 2.75) is 19.3 Å². The second kappa shape index (κ2) is 14.8. The van der Waals surface area contributed by atoms with E-state index in [-0.39, 0.29) is 5.41 Å². The van der Waals surface area contributed by atoms with Gasteiger partial charge in [0, 0.05) is 22.8 Å². The van der Waals surface area contributed by atoms with Gasteiger partial charge in [-0.3, -0.25) is 4.99 Å². The summed E-state index contributed by atoms with van der Waals surface area (Å²) in [6, 6.07) is 71.0. The van der Waals surface area contributed by atoms with Crippen molar-refractivity contribution in [2.75, 3.05) is 0 Å². The zero-order valence-corrected chi connectivity index (χ0v) is 33.2. The fourth-order valence-corrected chi connectivity index (χ4v) is 8.89. The summed E-state index contributed by atoms with van der Waals surface area (Å²) in [5, 5.41) is 13.9. The van der Waals surface area contributed by atoms with Gasteiger partial charge in [-0.05, 0) is 101 Å². The lowest BCUT2D eigenvalue weighted by atomic mass is 9.82. The lowest BCUT2D eigenvalue weighted by molar-refractivity contribution is 0.661.